The predicted octanol–water partition coefficient (Wildman–Crippen LogP) is 4.32. The fourth-order valence-corrected chi connectivity index (χ4v) is 2.86. The maximum absolute atomic E-state index is 12.6. The predicted molar refractivity (Wildman–Crippen MR) is 106 cm³/mol. The van der Waals surface area contributed by atoms with Crippen LogP contribution in [0.1, 0.15) is 42.1 Å². The second-order valence-corrected chi connectivity index (χ2v) is 6.38. The third-order valence-corrected chi connectivity index (χ3v) is 4.26. The molecule has 0 aliphatic rings. The summed E-state index contributed by atoms with van der Waals surface area (Å²) in [7, 11) is 1.64. The first-order chi connectivity index (χ1) is 13.0. The van der Waals surface area contributed by atoms with Gasteiger partial charge in [-0.15, -0.1) is 0 Å². The lowest BCUT2D eigenvalue weighted by Crippen LogP contribution is -2.36. The zero-order valence-electron chi connectivity index (χ0n) is 15.7. The number of carbonyl (C=O) groups is 2. The Morgan fingerprint density at radius 1 is 1.15 bits per heavy atom. The van der Waals surface area contributed by atoms with E-state index in [1.807, 2.05) is 24.3 Å². The number of hydrogen-bond acceptors (Lipinski definition) is 3. The highest BCUT2D eigenvalue weighted by atomic mass is 16.5. The summed E-state index contributed by atoms with van der Waals surface area (Å²) >= 11 is 0. The lowest BCUT2D eigenvalue weighted by molar-refractivity contribution is 0.0934. The topological polar surface area (TPSA) is 87.7 Å². The Morgan fingerprint density at radius 3 is 2.52 bits per heavy atom. The molecule has 0 aliphatic heterocycles. The minimum atomic E-state index is -1.13. The zero-order valence-corrected chi connectivity index (χ0v) is 15.7. The summed E-state index contributed by atoms with van der Waals surface area (Å²) < 4.78 is 5.27. The largest absolute Gasteiger partial charge is 0.497 e. The molecule has 6 nitrogen and oxygen atoms in total. The number of ether oxygens (including phenoxy) is 1. The van der Waals surface area contributed by atoms with Crippen molar-refractivity contribution in [3.8, 4) is 5.75 Å². The number of rotatable bonds is 9. The molecule has 1 atom stereocenters. The molecule has 2 rings (SSSR count). The van der Waals surface area contributed by atoms with Gasteiger partial charge in [0.2, 0.25) is 0 Å². The molecular formula is C21H26N2O4. The Labute approximate surface area is 159 Å². The van der Waals surface area contributed by atoms with Gasteiger partial charge in [-0.2, -0.15) is 0 Å². The van der Waals surface area contributed by atoms with Crippen molar-refractivity contribution in [1.29, 1.82) is 0 Å². The average Bonchev–Trinajstić information content (AvgIpc) is 2.66. The van der Waals surface area contributed by atoms with Crippen LogP contribution in [-0.2, 0) is 6.42 Å². The van der Waals surface area contributed by atoms with Crippen molar-refractivity contribution < 1.29 is 19.4 Å². The van der Waals surface area contributed by atoms with Crippen LogP contribution in [0.25, 0.3) is 0 Å². The van der Waals surface area contributed by atoms with Gasteiger partial charge in [0.25, 0.3) is 5.91 Å². The standard InChI is InChI=1S/C21H26N2O4/c1-3-4-7-18(13-15-6-5-8-19(14-15)27-2)22-20(24)16-9-11-17(12-10-16)23-21(25)26/h5-6,8-12,14,18,23H,3-4,7,13H2,1-2H3,(H,22,24)(H,25,26)/t18-/m0/s1. The first-order valence-corrected chi connectivity index (χ1v) is 9.05. The molecule has 6 heteroatoms. The van der Waals surface area contributed by atoms with Crippen LogP contribution in [0, 0.1) is 0 Å². The summed E-state index contributed by atoms with van der Waals surface area (Å²) in [5.74, 6) is 0.635. The van der Waals surface area contributed by atoms with E-state index >= 15 is 0 Å². The van der Waals surface area contributed by atoms with Gasteiger partial charge >= 0.3 is 6.09 Å². The van der Waals surface area contributed by atoms with Gasteiger partial charge in [0.1, 0.15) is 5.75 Å². The van der Waals surface area contributed by atoms with Gasteiger partial charge in [-0.3, -0.25) is 10.1 Å². The molecule has 0 aliphatic carbocycles. The van der Waals surface area contributed by atoms with Gasteiger partial charge in [0, 0.05) is 17.3 Å². The Balaban J connectivity index is 2.05. The normalized spacial score (nSPS) is 11.5. The third-order valence-electron chi connectivity index (χ3n) is 4.26. The van der Waals surface area contributed by atoms with E-state index in [0.717, 1.165) is 37.0 Å². The van der Waals surface area contributed by atoms with Crippen molar-refractivity contribution in [2.45, 2.75) is 38.6 Å². The zero-order chi connectivity index (χ0) is 19.6. The quantitative estimate of drug-likeness (QED) is 0.613. The van der Waals surface area contributed by atoms with E-state index in [-0.39, 0.29) is 11.9 Å². The lowest BCUT2D eigenvalue weighted by atomic mass is 10.00. The number of methoxy groups -OCH3 is 1. The smallest absolute Gasteiger partial charge is 0.409 e. The Bertz CT molecular complexity index is 759. The molecular weight excluding hydrogens is 344 g/mol. The van der Waals surface area contributed by atoms with Crippen LogP contribution in [0.3, 0.4) is 0 Å². The van der Waals surface area contributed by atoms with Crippen LogP contribution in [0.5, 0.6) is 5.75 Å². The van der Waals surface area contributed by atoms with Crippen molar-refractivity contribution in [3.63, 3.8) is 0 Å². The minimum absolute atomic E-state index is 0.0152. The molecule has 0 aromatic heterocycles. The number of nitrogens with one attached hydrogen (secondary N) is 2. The van der Waals surface area contributed by atoms with Crippen molar-refractivity contribution in [1.82, 2.24) is 5.32 Å². The highest BCUT2D eigenvalue weighted by Gasteiger charge is 2.15. The molecule has 0 bridgehead atoms. The molecule has 3 N–H and O–H groups in total. The average molecular weight is 370 g/mol. The fraction of sp³-hybridized carbons (Fsp3) is 0.333. The second-order valence-electron chi connectivity index (χ2n) is 6.38. The van der Waals surface area contributed by atoms with E-state index in [4.69, 9.17) is 9.84 Å². The van der Waals surface area contributed by atoms with E-state index in [1.54, 1.807) is 31.4 Å². The van der Waals surface area contributed by atoms with E-state index in [9.17, 15) is 9.59 Å². The monoisotopic (exact) mass is 370 g/mol. The summed E-state index contributed by atoms with van der Waals surface area (Å²) in [6.07, 6.45) is 2.56. The van der Waals surface area contributed by atoms with Crippen molar-refractivity contribution in [3.05, 3.63) is 59.7 Å². The highest BCUT2D eigenvalue weighted by Crippen LogP contribution is 2.17. The lowest BCUT2D eigenvalue weighted by Gasteiger charge is -2.19. The number of unbranched alkanes of at least 4 members (excludes halogenated alkanes) is 1. The fourth-order valence-electron chi connectivity index (χ4n) is 2.86. The summed E-state index contributed by atoms with van der Waals surface area (Å²) in [5, 5.41) is 14.1. The molecule has 0 radical (unpaired) electrons. The first kappa shape index (κ1) is 20.3. The summed E-state index contributed by atoms with van der Waals surface area (Å²) in [5.41, 5.74) is 2.04. The van der Waals surface area contributed by atoms with Gasteiger partial charge in [0.15, 0.2) is 0 Å². The molecule has 2 aromatic carbocycles. The van der Waals surface area contributed by atoms with E-state index in [1.165, 1.54) is 0 Å². The Morgan fingerprint density at radius 2 is 1.89 bits per heavy atom. The molecule has 0 spiro atoms. The van der Waals surface area contributed by atoms with Gasteiger partial charge < -0.3 is 15.2 Å². The number of carboxylic acid groups (broad SMARTS) is 1. The van der Waals surface area contributed by atoms with E-state index < -0.39 is 6.09 Å². The van der Waals surface area contributed by atoms with Crippen LogP contribution in [-0.4, -0.2) is 30.3 Å². The Kier molecular flexibility index (Phi) is 7.67. The van der Waals surface area contributed by atoms with Gasteiger partial charge in [-0.25, -0.2) is 4.79 Å². The van der Waals surface area contributed by atoms with Gasteiger partial charge in [0.05, 0.1) is 7.11 Å². The number of hydrogen-bond donors (Lipinski definition) is 3. The number of amides is 2. The SMILES string of the molecule is CCCC[C@@H](Cc1cccc(OC)c1)NC(=O)c1ccc(NC(=O)O)cc1. The molecule has 0 saturated heterocycles. The molecule has 27 heavy (non-hydrogen) atoms. The summed E-state index contributed by atoms with van der Waals surface area (Å²) in [6.45, 7) is 2.12. The summed E-state index contributed by atoms with van der Waals surface area (Å²) in [4.78, 5) is 23.2. The second kappa shape index (κ2) is 10.2. The van der Waals surface area contributed by atoms with Crippen LogP contribution in [0.4, 0.5) is 10.5 Å². The number of anilines is 1. The van der Waals surface area contributed by atoms with Crippen molar-refractivity contribution >= 4 is 17.7 Å². The van der Waals surface area contributed by atoms with Crippen molar-refractivity contribution in [2.24, 2.45) is 0 Å². The maximum atomic E-state index is 12.6. The van der Waals surface area contributed by atoms with Crippen LogP contribution >= 0.6 is 0 Å². The highest BCUT2D eigenvalue weighted by molar-refractivity contribution is 5.95. The maximum Gasteiger partial charge on any atom is 0.409 e. The van der Waals surface area contributed by atoms with Crippen LogP contribution < -0.4 is 15.4 Å². The molecule has 144 valence electrons. The molecule has 0 heterocycles. The van der Waals surface area contributed by atoms with Gasteiger partial charge in [-0.05, 0) is 54.8 Å². The number of carbonyl (C=O) groups excluding carboxylic acids is 1. The third kappa shape index (κ3) is 6.66. The molecule has 0 saturated carbocycles. The first-order valence-electron chi connectivity index (χ1n) is 9.05. The van der Waals surface area contributed by atoms with E-state index in [0.29, 0.717) is 11.3 Å². The molecule has 2 aromatic rings. The van der Waals surface area contributed by atoms with E-state index in [2.05, 4.69) is 17.6 Å². The van der Waals surface area contributed by atoms with Crippen LogP contribution in [0.2, 0.25) is 0 Å². The summed E-state index contributed by atoms with van der Waals surface area (Å²) in [6, 6.07) is 14.2. The molecule has 2 amide bonds. The molecule has 0 fully saturated rings. The van der Waals surface area contributed by atoms with Crippen molar-refractivity contribution in [2.75, 3.05) is 12.4 Å². The minimum Gasteiger partial charge on any atom is -0.497 e. The van der Waals surface area contributed by atoms with Gasteiger partial charge in [-0.1, -0.05) is 31.9 Å². The Hall–Kier alpha value is -3.02. The van der Waals surface area contributed by atoms with Crippen LogP contribution in [0.15, 0.2) is 48.5 Å². The molecule has 0 unspecified atom stereocenters. The number of benzene rings is 2.